The molecule has 26 heavy (non-hydrogen) atoms. The quantitative estimate of drug-likeness (QED) is 0.845. The van der Waals surface area contributed by atoms with Gasteiger partial charge >= 0.3 is 0 Å². The standard InChI is InChI=1S/C21H29N3O2/c1-21(10-3-2-4-11-21)20(26)23-12-9-17-7-8-18(24(17)14-13-23)19(25)22-15-16-5-6-16/h2-3,7-8,16H,4-6,9-15H2,1H3,(H,22,25). The molecule has 1 aromatic rings. The van der Waals surface area contributed by atoms with E-state index in [1.165, 1.54) is 12.8 Å². The fourth-order valence-electron chi connectivity index (χ4n) is 4.17. The number of hydrogen-bond donors (Lipinski definition) is 1. The first-order valence-corrected chi connectivity index (χ1v) is 9.98. The molecule has 5 heteroatoms. The van der Waals surface area contributed by atoms with Gasteiger partial charge in [0.15, 0.2) is 0 Å². The molecule has 0 radical (unpaired) electrons. The fourth-order valence-corrected chi connectivity index (χ4v) is 4.17. The molecule has 0 spiro atoms. The molecule has 140 valence electrons. The zero-order valence-corrected chi connectivity index (χ0v) is 15.7. The minimum atomic E-state index is -0.266. The van der Waals surface area contributed by atoms with E-state index in [1.807, 2.05) is 17.0 Å². The van der Waals surface area contributed by atoms with E-state index in [0.29, 0.717) is 19.0 Å². The van der Waals surface area contributed by atoms with Crippen molar-refractivity contribution in [2.75, 3.05) is 19.6 Å². The van der Waals surface area contributed by atoms with E-state index >= 15 is 0 Å². The van der Waals surface area contributed by atoms with Crippen LogP contribution in [0.1, 0.15) is 55.2 Å². The summed E-state index contributed by atoms with van der Waals surface area (Å²) in [6.45, 7) is 5.01. The molecule has 1 fully saturated rings. The summed E-state index contributed by atoms with van der Waals surface area (Å²) in [5.74, 6) is 0.968. The summed E-state index contributed by atoms with van der Waals surface area (Å²) in [6.07, 6.45) is 10.4. The van der Waals surface area contributed by atoms with Crippen LogP contribution in [0, 0.1) is 11.3 Å². The van der Waals surface area contributed by atoms with Crippen molar-refractivity contribution in [3.63, 3.8) is 0 Å². The smallest absolute Gasteiger partial charge is 0.267 e. The van der Waals surface area contributed by atoms with Gasteiger partial charge in [-0.2, -0.15) is 0 Å². The van der Waals surface area contributed by atoms with Crippen molar-refractivity contribution in [2.24, 2.45) is 11.3 Å². The summed E-state index contributed by atoms with van der Waals surface area (Å²) in [7, 11) is 0. The number of aromatic nitrogens is 1. The van der Waals surface area contributed by atoms with Crippen molar-refractivity contribution in [1.82, 2.24) is 14.8 Å². The molecule has 2 amide bonds. The van der Waals surface area contributed by atoms with E-state index in [-0.39, 0.29) is 17.2 Å². The lowest BCUT2D eigenvalue weighted by Crippen LogP contribution is -2.44. The molecular formula is C21H29N3O2. The van der Waals surface area contributed by atoms with Crippen LogP contribution in [0.15, 0.2) is 24.3 Å². The minimum absolute atomic E-state index is 0.0207. The van der Waals surface area contributed by atoms with Crippen LogP contribution < -0.4 is 5.32 Å². The molecule has 1 unspecified atom stereocenters. The Morgan fingerprint density at radius 2 is 2.04 bits per heavy atom. The maximum absolute atomic E-state index is 13.1. The average molecular weight is 355 g/mol. The van der Waals surface area contributed by atoms with Gasteiger partial charge in [0.05, 0.1) is 5.41 Å². The number of hydrogen-bond acceptors (Lipinski definition) is 2. The number of carbonyl (C=O) groups is 2. The van der Waals surface area contributed by atoms with Gasteiger partial charge in [-0.25, -0.2) is 0 Å². The zero-order valence-electron chi connectivity index (χ0n) is 15.7. The van der Waals surface area contributed by atoms with Crippen molar-refractivity contribution in [3.8, 4) is 0 Å². The second kappa shape index (κ2) is 6.93. The zero-order chi connectivity index (χ0) is 18.1. The summed E-state index contributed by atoms with van der Waals surface area (Å²) in [6, 6.07) is 3.98. The molecule has 1 aliphatic heterocycles. The van der Waals surface area contributed by atoms with Crippen LogP contribution in [0.4, 0.5) is 0 Å². The molecule has 1 aromatic heterocycles. The lowest BCUT2D eigenvalue weighted by atomic mass is 9.77. The largest absolute Gasteiger partial charge is 0.350 e. The molecule has 0 saturated heterocycles. The van der Waals surface area contributed by atoms with Crippen molar-refractivity contribution in [3.05, 3.63) is 35.7 Å². The topological polar surface area (TPSA) is 54.3 Å². The molecule has 5 nitrogen and oxygen atoms in total. The Hall–Kier alpha value is -2.04. The van der Waals surface area contributed by atoms with E-state index in [1.54, 1.807) is 0 Å². The number of allylic oxidation sites excluding steroid dienone is 2. The third-order valence-corrected chi connectivity index (χ3v) is 6.18. The highest BCUT2D eigenvalue weighted by atomic mass is 16.2. The molecule has 2 aliphatic carbocycles. The van der Waals surface area contributed by atoms with Gasteiger partial charge in [-0.3, -0.25) is 9.59 Å². The van der Waals surface area contributed by atoms with E-state index in [2.05, 4.69) is 29.0 Å². The highest BCUT2D eigenvalue weighted by Gasteiger charge is 2.37. The lowest BCUT2D eigenvalue weighted by molar-refractivity contribution is -0.141. The summed E-state index contributed by atoms with van der Waals surface area (Å²) < 4.78 is 2.11. The summed E-state index contributed by atoms with van der Waals surface area (Å²) in [5, 5.41) is 3.06. The lowest BCUT2D eigenvalue weighted by Gasteiger charge is -2.35. The minimum Gasteiger partial charge on any atom is -0.350 e. The Bertz CT molecular complexity index is 732. The van der Waals surface area contributed by atoms with Crippen molar-refractivity contribution in [2.45, 2.75) is 52.0 Å². The second-order valence-electron chi connectivity index (χ2n) is 8.33. The molecular weight excluding hydrogens is 326 g/mol. The van der Waals surface area contributed by atoms with Gasteiger partial charge in [0.2, 0.25) is 5.91 Å². The van der Waals surface area contributed by atoms with Gasteiger partial charge in [-0.15, -0.1) is 0 Å². The van der Waals surface area contributed by atoms with Gasteiger partial charge in [-0.05, 0) is 50.2 Å². The van der Waals surface area contributed by atoms with E-state index in [0.717, 1.165) is 50.2 Å². The van der Waals surface area contributed by atoms with Crippen LogP contribution in [0.25, 0.3) is 0 Å². The Balaban J connectivity index is 1.43. The molecule has 4 rings (SSSR count). The monoisotopic (exact) mass is 355 g/mol. The first kappa shape index (κ1) is 17.4. The highest BCUT2D eigenvalue weighted by Crippen LogP contribution is 2.34. The molecule has 0 bridgehead atoms. The van der Waals surface area contributed by atoms with Gasteiger partial charge < -0.3 is 14.8 Å². The Morgan fingerprint density at radius 1 is 1.19 bits per heavy atom. The van der Waals surface area contributed by atoms with Gasteiger partial charge in [0, 0.05) is 38.3 Å². The number of rotatable bonds is 4. The molecule has 2 heterocycles. The van der Waals surface area contributed by atoms with Gasteiger partial charge in [0.25, 0.3) is 5.91 Å². The summed E-state index contributed by atoms with van der Waals surface area (Å²) >= 11 is 0. The first-order valence-electron chi connectivity index (χ1n) is 9.98. The van der Waals surface area contributed by atoms with Crippen LogP contribution in [-0.4, -0.2) is 40.9 Å². The van der Waals surface area contributed by atoms with Gasteiger partial charge in [-0.1, -0.05) is 19.1 Å². The number of fused-ring (bicyclic) bond motifs is 1. The molecule has 3 aliphatic rings. The third-order valence-electron chi connectivity index (χ3n) is 6.18. The Kier molecular flexibility index (Phi) is 4.63. The Morgan fingerprint density at radius 3 is 2.77 bits per heavy atom. The molecule has 0 aromatic carbocycles. The van der Waals surface area contributed by atoms with E-state index in [9.17, 15) is 9.59 Å². The predicted molar refractivity (Wildman–Crippen MR) is 101 cm³/mol. The van der Waals surface area contributed by atoms with Crippen LogP contribution in [-0.2, 0) is 17.8 Å². The van der Waals surface area contributed by atoms with Crippen LogP contribution >= 0.6 is 0 Å². The Labute approximate surface area is 155 Å². The van der Waals surface area contributed by atoms with Crippen LogP contribution in [0.3, 0.4) is 0 Å². The predicted octanol–water partition coefficient (Wildman–Crippen LogP) is 2.76. The highest BCUT2D eigenvalue weighted by molar-refractivity contribution is 5.93. The maximum Gasteiger partial charge on any atom is 0.267 e. The molecule has 1 atom stereocenters. The van der Waals surface area contributed by atoms with Crippen molar-refractivity contribution < 1.29 is 9.59 Å². The summed E-state index contributed by atoms with van der Waals surface area (Å²) in [4.78, 5) is 27.6. The number of nitrogens with zero attached hydrogens (tertiary/aromatic N) is 2. The number of nitrogens with one attached hydrogen (secondary N) is 1. The third kappa shape index (κ3) is 3.44. The first-order chi connectivity index (χ1) is 12.6. The number of carbonyl (C=O) groups excluding carboxylic acids is 2. The van der Waals surface area contributed by atoms with Gasteiger partial charge in [0.1, 0.15) is 5.69 Å². The second-order valence-corrected chi connectivity index (χ2v) is 8.33. The van der Waals surface area contributed by atoms with E-state index < -0.39 is 0 Å². The van der Waals surface area contributed by atoms with E-state index in [4.69, 9.17) is 0 Å². The SMILES string of the molecule is CC1(C(=O)N2CCc3ccc(C(=O)NCC4CC4)n3CC2)CC=CCC1. The van der Waals surface area contributed by atoms with Crippen LogP contribution in [0.5, 0.6) is 0 Å². The average Bonchev–Trinajstić information content (AvgIpc) is 3.43. The summed E-state index contributed by atoms with van der Waals surface area (Å²) in [5.41, 5.74) is 1.63. The number of amides is 2. The van der Waals surface area contributed by atoms with Crippen molar-refractivity contribution >= 4 is 11.8 Å². The fraction of sp³-hybridized carbons (Fsp3) is 0.619. The normalized spacial score (nSPS) is 25.5. The molecule has 1 saturated carbocycles. The van der Waals surface area contributed by atoms with Crippen molar-refractivity contribution in [1.29, 1.82) is 0 Å². The van der Waals surface area contributed by atoms with Crippen LogP contribution in [0.2, 0.25) is 0 Å². The maximum atomic E-state index is 13.1. The molecule has 1 N–H and O–H groups in total.